The Hall–Kier alpha value is -1.79. The molecule has 8 heteroatoms. The van der Waals surface area contributed by atoms with Gasteiger partial charge in [0.15, 0.2) is 10.9 Å². The van der Waals surface area contributed by atoms with Crippen molar-refractivity contribution in [2.24, 2.45) is 0 Å². The van der Waals surface area contributed by atoms with E-state index in [1.165, 1.54) is 0 Å². The summed E-state index contributed by atoms with van der Waals surface area (Å²) in [6.45, 7) is 2.64. The summed E-state index contributed by atoms with van der Waals surface area (Å²) in [5, 5.41) is 12.8. The predicted molar refractivity (Wildman–Crippen MR) is 114 cm³/mol. The highest BCUT2D eigenvalue weighted by atomic mass is 35.5. The molecular weight excluding hydrogens is 411 g/mol. The van der Waals surface area contributed by atoms with Crippen molar-refractivity contribution in [2.75, 3.05) is 10.6 Å². The van der Waals surface area contributed by atoms with E-state index in [0.717, 1.165) is 16.9 Å². The average Bonchev–Trinajstić information content (AvgIpc) is 2.92. The van der Waals surface area contributed by atoms with Gasteiger partial charge in [-0.2, -0.15) is 5.10 Å². The predicted octanol–water partition coefficient (Wildman–Crippen LogP) is 6.01. The van der Waals surface area contributed by atoms with E-state index < -0.39 is 0 Å². The van der Waals surface area contributed by atoms with E-state index in [4.69, 9.17) is 47.0 Å². The van der Waals surface area contributed by atoms with Crippen molar-refractivity contribution in [2.45, 2.75) is 13.5 Å². The zero-order chi connectivity index (χ0) is 18.7. The van der Waals surface area contributed by atoms with Gasteiger partial charge in [0.05, 0.1) is 16.6 Å². The molecule has 1 aromatic heterocycles. The van der Waals surface area contributed by atoms with Crippen LogP contribution in [0.15, 0.2) is 48.5 Å². The molecule has 1 heterocycles. The molecule has 0 fully saturated rings. The smallest absolute Gasteiger partial charge is 0.176 e. The molecule has 0 unspecified atom stereocenters. The van der Waals surface area contributed by atoms with Gasteiger partial charge in [0, 0.05) is 22.5 Å². The molecule has 3 rings (SSSR count). The number of anilines is 2. The minimum absolute atomic E-state index is 0.416. The van der Waals surface area contributed by atoms with Gasteiger partial charge in [0.2, 0.25) is 0 Å². The highest BCUT2D eigenvalue weighted by molar-refractivity contribution is 7.80. The summed E-state index contributed by atoms with van der Waals surface area (Å²) < 4.78 is 1.90. The largest absolute Gasteiger partial charge is 0.332 e. The van der Waals surface area contributed by atoms with Crippen LogP contribution in [-0.4, -0.2) is 14.9 Å². The SMILES string of the molecule is Cc1cc(NC(=S)Nc2ccc(Cl)c(Cl)c2)nn1Cc1ccc(Cl)cc1. The Labute approximate surface area is 172 Å². The van der Waals surface area contributed by atoms with Crippen LogP contribution in [0.5, 0.6) is 0 Å². The second-order valence-corrected chi connectivity index (χ2v) is 7.32. The molecule has 0 saturated heterocycles. The van der Waals surface area contributed by atoms with Crippen molar-refractivity contribution in [1.29, 1.82) is 0 Å². The number of benzene rings is 2. The van der Waals surface area contributed by atoms with E-state index in [0.29, 0.717) is 32.5 Å². The van der Waals surface area contributed by atoms with Gasteiger partial charge in [-0.25, -0.2) is 0 Å². The van der Waals surface area contributed by atoms with Crippen molar-refractivity contribution in [3.05, 3.63) is 74.9 Å². The van der Waals surface area contributed by atoms with Crippen LogP contribution < -0.4 is 10.6 Å². The third kappa shape index (κ3) is 4.89. The lowest BCUT2D eigenvalue weighted by Gasteiger charge is -2.09. The first-order chi connectivity index (χ1) is 12.4. The molecule has 134 valence electrons. The standard InChI is InChI=1S/C18H15Cl3N4S/c1-11-8-17(24-25(11)10-12-2-4-13(19)5-3-12)23-18(26)22-14-6-7-15(20)16(21)9-14/h2-9H,10H2,1H3,(H2,22,23,24,26). The fourth-order valence-electron chi connectivity index (χ4n) is 2.35. The summed E-state index contributed by atoms with van der Waals surface area (Å²) in [7, 11) is 0. The monoisotopic (exact) mass is 424 g/mol. The number of hydrogen-bond donors (Lipinski definition) is 2. The lowest BCUT2D eigenvalue weighted by Crippen LogP contribution is -2.19. The second-order valence-electron chi connectivity index (χ2n) is 5.66. The molecule has 2 N–H and O–H groups in total. The summed E-state index contributed by atoms with van der Waals surface area (Å²) in [6.07, 6.45) is 0. The number of nitrogens with zero attached hydrogens (tertiary/aromatic N) is 2. The molecule has 0 aliphatic heterocycles. The number of rotatable bonds is 4. The van der Waals surface area contributed by atoms with Crippen LogP contribution in [0.3, 0.4) is 0 Å². The van der Waals surface area contributed by atoms with Crippen molar-refractivity contribution < 1.29 is 0 Å². The number of halogens is 3. The first kappa shape index (κ1) is 19.0. The van der Waals surface area contributed by atoms with Crippen LogP contribution >= 0.6 is 47.0 Å². The molecule has 0 aliphatic carbocycles. The molecule has 26 heavy (non-hydrogen) atoms. The summed E-state index contributed by atoms with van der Waals surface area (Å²) in [5.41, 5.74) is 2.87. The third-order valence-electron chi connectivity index (χ3n) is 3.65. The number of aryl methyl sites for hydroxylation is 1. The Morgan fingerprint density at radius 3 is 2.42 bits per heavy atom. The zero-order valence-electron chi connectivity index (χ0n) is 13.8. The summed E-state index contributed by atoms with van der Waals surface area (Å²) >= 11 is 23.2. The van der Waals surface area contributed by atoms with Gasteiger partial charge in [0.25, 0.3) is 0 Å². The van der Waals surface area contributed by atoms with E-state index in [2.05, 4.69) is 15.7 Å². The maximum absolute atomic E-state index is 6.01. The number of hydrogen-bond acceptors (Lipinski definition) is 2. The van der Waals surface area contributed by atoms with E-state index >= 15 is 0 Å². The Kier molecular flexibility index (Phi) is 6.04. The third-order valence-corrected chi connectivity index (χ3v) is 4.84. The first-order valence-electron chi connectivity index (χ1n) is 7.72. The van der Waals surface area contributed by atoms with Crippen molar-refractivity contribution in [3.63, 3.8) is 0 Å². The molecule has 3 aromatic rings. The van der Waals surface area contributed by atoms with E-state index in [1.807, 2.05) is 41.9 Å². The summed E-state index contributed by atoms with van der Waals surface area (Å²) in [4.78, 5) is 0. The van der Waals surface area contributed by atoms with Crippen LogP contribution in [0.25, 0.3) is 0 Å². The highest BCUT2D eigenvalue weighted by Crippen LogP contribution is 2.25. The van der Waals surface area contributed by atoms with Crippen LogP contribution in [0.1, 0.15) is 11.3 Å². The maximum Gasteiger partial charge on any atom is 0.176 e. The second kappa shape index (κ2) is 8.27. The molecular formula is C18H15Cl3N4S. The zero-order valence-corrected chi connectivity index (χ0v) is 16.8. The molecule has 0 spiro atoms. The minimum Gasteiger partial charge on any atom is -0.332 e. The van der Waals surface area contributed by atoms with Crippen molar-refractivity contribution in [3.8, 4) is 0 Å². The normalized spacial score (nSPS) is 10.6. The molecule has 2 aromatic carbocycles. The Balaban J connectivity index is 1.65. The average molecular weight is 426 g/mol. The maximum atomic E-state index is 6.01. The molecule has 0 bridgehead atoms. The van der Waals surface area contributed by atoms with Crippen LogP contribution in [-0.2, 0) is 6.54 Å². The topological polar surface area (TPSA) is 41.9 Å². The van der Waals surface area contributed by atoms with Gasteiger partial charge in [-0.1, -0.05) is 46.9 Å². The Morgan fingerprint density at radius 1 is 1.00 bits per heavy atom. The van der Waals surface area contributed by atoms with E-state index in [9.17, 15) is 0 Å². The van der Waals surface area contributed by atoms with Crippen LogP contribution in [0, 0.1) is 6.92 Å². The molecule has 4 nitrogen and oxygen atoms in total. The molecule has 0 saturated carbocycles. The summed E-state index contributed by atoms with van der Waals surface area (Å²) in [5.74, 6) is 0.661. The van der Waals surface area contributed by atoms with Crippen molar-refractivity contribution in [1.82, 2.24) is 9.78 Å². The molecule has 0 amide bonds. The molecule has 0 radical (unpaired) electrons. The van der Waals surface area contributed by atoms with Gasteiger partial charge in [-0.15, -0.1) is 0 Å². The summed E-state index contributed by atoms with van der Waals surface area (Å²) in [6, 6.07) is 14.8. The van der Waals surface area contributed by atoms with Gasteiger partial charge in [-0.05, 0) is 55.0 Å². The Morgan fingerprint density at radius 2 is 1.73 bits per heavy atom. The lowest BCUT2D eigenvalue weighted by molar-refractivity contribution is 0.668. The lowest BCUT2D eigenvalue weighted by atomic mass is 10.2. The Bertz CT molecular complexity index is 938. The van der Waals surface area contributed by atoms with Gasteiger partial charge >= 0.3 is 0 Å². The number of thiocarbonyl (C=S) groups is 1. The fourth-order valence-corrected chi connectivity index (χ4v) is 2.99. The van der Waals surface area contributed by atoms with Gasteiger partial charge in [-0.3, -0.25) is 4.68 Å². The van der Waals surface area contributed by atoms with E-state index in [-0.39, 0.29) is 0 Å². The minimum atomic E-state index is 0.416. The number of aromatic nitrogens is 2. The van der Waals surface area contributed by atoms with Crippen LogP contribution in [0.4, 0.5) is 11.5 Å². The molecule has 0 aliphatic rings. The van der Waals surface area contributed by atoms with Gasteiger partial charge < -0.3 is 10.6 Å². The fraction of sp³-hybridized carbons (Fsp3) is 0.111. The first-order valence-corrected chi connectivity index (χ1v) is 9.27. The van der Waals surface area contributed by atoms with Crippen molar-refractivity contribution >= 4 is 63.6 Å². The van der Waals surface area contributed by atoms with Crippen LogP contribution in [0.2, 0.25) is 15.1 Å². The number of nitrogens with one attached hydrogen (secondary N) is 2. The quantitative estimate of drug-likeness (QED) is 0.502. The van der Waals surface area contributed by atoms with E-state index in [1.54, 1.807) is 18.2 Å². The highest BCUT2D eigenvalue weighted by Gasteiger charge is 2.08. The molecule has 0 atom stereocenters. The van der Waals surface area contributed by atoms with Gasteiger partial charge in [0.1, 0.15) is 0 Å².